The van der Waals surface area contributed by atoms with Crippen molar-refractivity contribution in [2.24, 2.45) is 0 Å². The minimum Gasteiger partial charge on any atom is -0.450 e. The first-order valence-electron chi connectivity index (χ1n) is 9.84. The highest BCUT2D eigenvalue weighted by molar-refractivity contribution is 5.99. The fourth-order valence-electron chi connectivity index (χ4n) is 4.25. The van der Waals surface area contributed by atoms with Gasteiger partial charge in [-0.05, 0) is 44.4 Å². The van der Waals surface area contributed by atoms with Crippen molar-refractivity contribution in [1.82, 2.24) is 14.9 Å². The highest BCUT2D eigenvalue weighted by atomic mass is 16.3. The number of H-pyrrole nitrogens is 1. The number of benzene rings is 2. The fourth-order valence-corrected chi connectivity index (χ4v) is 4.25. The van der Waals surface area contributed by atoms with Crippen LogP contribution in [0.3, 0.4) is 0 Å². The summed E-state index contributed by atoms with van der Waals surface area (Å²) in [6, 6.07) is 14.1. The van der Waals surface area contributed by atoms with Crippen molar-refractivity contribution < 1.29 is 9.21 Å². The molecular formula is C23H23N3O2. The number of likely N-dealkylation sites (tertiary alicyclic amines) is 1. The summed E-state index contributed by atoms with van der Waals surface area (Å²) >= 11 is 0. The first-order chi connectivity index (χ1) is 13.6. The molecule has 2 aromatic carbocycles. The Kier molecular flexibility index (Phi) is 3.97. The lowest BCUT2D eigenvalue weighted by molar-refractivity contribution is 0.0680. The largest absolute Gasteiger partial charge is 0.450 e. The van der Waals surface area contributed by atoms with Crippen molar-refractivity contribution >= 4 is 27.9 Å². The first kappa shape index (κ1) is 17.0. The van der Waals surface area contributed by atoms with Gasteiger partial charge in [-0.25, -0.2) is 4.98 Å². The van der Waals surface area contributed by atoms with Crippen LogP contribution in [0.4, 0.5) is 0 Å². The van der Waals surface area contributed by atoms with E-state index in [9.17, 15) is 4.79 Å². The number of fused-ring (bicyclic) bond motifs is 2. The van der Waals surface area contributed by atoms with Crippen LogP contribution in [0, 0.1) is 13.8 Å². The molecule has 0 bridgehead atoms. The summed E-state index contributed by atoms with van der Waals surface area (Å²) in [5.74, 6) is 1.86. The topological polar surface area (TPSA) is 62.1 Å². The van der Waals surface area contributed by atoms with E-state index in [0.717, 1.165) is 64.9 Å². The smallest absolute Gasteiger partial charge is 0.289 e. The van der Waals surface area contributed by atoms with E-state index in [-0.39, 0.29) is 5.91 Å². The van der Waals surface area contributed by atoms with Crippen molar-refractivity contribution in [2.75, 3.05) is 13.1 Å². The third-order valence-corrected chi connectivity index (χ3v) is 5.93. The maximum absolute atomic E-state index is 13.1. The lowest BCUT2D eigenvalue weighted by Gasteiger charge is -2.30. The van der Waals surface area contributed by atoms with Crippen LogP contribution in [0.5, 0.6) is 0 Å². The average Bonchev–Trinajstić information content (AvgIpc) is 3.30. The minimum absolute atomic E-state index is 0.00356. The zero-order valence-electron chi connectivity index (χ0n) is 16.2. The molecule has 0 atom stereocenters. The van der Waals surface area contributed by atoms with Crippen LogP contribution < -0.4 is 0 Å². The highest BCUT2D eigenvalue weighted by Gasteiger charge is 2.29. The Morgan fingerprint density at radius 3 is 2.64 bits per heavy atom. The van der Waals surface area contributed by atoms with Gasteiger partial charge in [0.05, 0.1) is 11.0 Å². The van der Waals surface area contributed by atoms with Gasteiger partial charge in [0.2, 0.25) is 0 Å². The molecule has 4 aromatic rings. The molecule has 1 fully saturated rings. The summed E-state index contributed by atoms with van der Waals surface area (Å²) in [7, 11) is 0. The summed E-state index contributed by atoms with van der Waals surface area (Å²) in [4.78, 5) is 23.2. The van der Waals surface area contributed by atoms with E-state index in [2.05, 4.69) is 11.1 Å². The number of aryl methyl sites for hydroxylation is 2. The van der Waals surface area contributed by atoms with Gasteiger partial charge in [0, 0.05) is 30.0 Å². The second kappa shape index (κ2) is 6.51. The molecule has 0 saturated carbocycles. The Balaban J connectivity index is 1.34. The molecule has 5 nitrogen and oxygen atoms in total. The zero-order valence-corrected chi connectivity index (χ0v) is 16.2. The van der Waals surface area contributed by atoms with Gasteiger partial charge >= 0.3 is 0 Å². The highest BCUT2D eigenvalue weighted by Crippen LogP contribution is 2.31. The molecule has 142 valence electrons. The van der Waals surface area contributed by atoms with Gasteiger partial charge in [-0.15, -0.1) is 0 Å². The number of nitrogens with one attached hydrogen (secondary N) is 1. The molecule has 2 aromatic heterocycles. The number of imidazole rings is 1. The number of aromatic nitrogens is 2. The predicted octanol–water partition coefficient (Wildman–Crippen LogP) is 4.95. The van der Waals surface area contributed by atoms with Crippen molar-refractivity contribution in [3.8, 4) is 0 Å². The number of nitrogens with zero attached hydrogens (tertiary/aromatic N) is 2. The summed E-state index contributed by atoms with van der Waals surface area (Å²) < 4.78 is 5.99. The Morgan fingerprint density at radius 1 is 1.11 bits per heavy atom. The number of aromatic amines is 1. The van der Waals surface area contributed by atoms with Crippen LogP contribution >= 0.6 is 0 Å². The number of piperidine rings is 1. The number of hydrogen-bond donors (Lipinski definition) is 1. The van der Waals surface area contributed by atoms with E-state index in [4.69, 9.17) is 9.40 Å². The number of para-hydroxylation sites is 3. The summed E-state index contributed by atoms with van der Waals surface area (Å²) in [5.41, 5.74) is 4.89. The minimum atomic E-state index is -0.00356. The number of hydrogen-bond acceptors (Lipinski definition) is 3. The van der Waals surface area contributed by atoms with E-state index in [1.54, 1.807) is 0 Å². The molecule has 0 aliphatic carbocycles. The number of carbonyl (C=O) groups excluding carboxylic acids is 1. The normalized spacial score (nSPS) is 15.6. The number of rotatable bonds is 2. The Hall–Kier alpha value is -3.08. The summed E-state index contributed by atoms with van der Waals surface area (Å²) in [6.07, 6.45) is 1.81. The standard InChI is InChI=1S/C23H23N3O2/c1-14-6-5-7-17-15(2)21(28-20(14)17)23(27)26-12-10-16(11-13-26)22-24-18-8-3-4-9-19(18)25-22/h3-9,16H,10-13H2,1-2H3,(H,24,25). The van der Waals surface area contributed by atoms with Crippen LogP contribution in [0.2, 0.25) is 0 Å². The number of amides is 1. The van der Waals surface area contributed by atoms with E-state index in [0.29, 0.717) is 11.7 Å². The first-order valence-corrected chi connectivity index (χ1v) is 9.84. The summed E-state index contributed by atoms with van der Waals surface area (Å²) in [6.45, 7) is 5.42. The van der Waals surface area contributed by atoms with Gasteiger partial charge in [-0.2, -0.15) is 0 Å². The molecule has 0 radical (unpaired) electrons. The van der Waals surface area contributed by atoms with E-state index in [1.807, 2.05) is 55.1 Å². The molecule has 28 heavy (non-hydrogen) atoms. The SMILES string of the molecule is Cc1c(C(=O)N2CCC(c3nc4ccccc4[nH]3)CC2)oc2c(C)cccc12. The van der Waals surface area contributed by atoms with Crippen LogP contribution in [-0.4, -0.2) is 33.9 Å². The Labute approximate surface area is 163 Å². The lowest BCUT2D eigenvalue weighted by Crippen LogP contribution is -2.38. The summed E-state index contributed by atoms with van der Waals surface area (Å²) in [5, 5.41) is 1.03. The van der Waals surface area contributed by atoms with Crippen LogP contribution in [-0.2, 0) is 0 Å². The molecule has 1 aliphatic heterocycles. The third kappa shape index (κ3) is 2.70. The van der Waals surface area contributed by atoms with E-state index < -0.39 is 0 Å². The quantitative estimate of drug-likeness (QED) is 0.541. The third-order valence-electron chi connectivity index (χ3n) is 5.93. The number of carbonyl (C=O) groups is 1. The van der Waals surface area contributed by atoms with Crippen LogP contribution in [0.25, 0.3) is 22.0 Å². The van der Waals surface area contributed by atoms with Crippen molar-refractivity contribution in [2.45, 2.75) is 32.6 Å². The average molecular weight is 373 g/mol. The van der Waals surface area contributed by atoms with Crippen molar-refractivity contribution in [3.63, 3.8) is 0 Å². The second-order valence-corrected chi connectivity index (χ2v) is 7.71. The fraction of sp³-hybridized carbons (Fsp3) is 0.304. The molecule has 0 spiro atoms. The monoisotopic (exact) mass is 373 g/mol. The van der Waals surface area contributed by atoms with Gasteiger partial charge in [-0.3, -0.25) is 4.79 Å². The lowest BCUT2D eigenvalue weighted by atomic mass is 9.96. The molecule has 3 heterocycles. The molecule has 1 saturated heterocycles. The van der Waals surface area contributed by atoms with Gasteiger partial charge in [0.25, 0.3) is 5.91 Å². The molecule has 1 N–H and O–H groups in total. The predicted molar refractivity (Wildman–Crippen MR) is 110 cm³/mol. The molecule has 0 unspecified atom stereocenters. The molecule has 1 amide bonds. The Bertz CT molecular complexity index is 1150. The van der Waals surface area contributed by atoms with Crippen molar-refractivity contribution in [3.05, 3.63) is 65.2 Å². The van der Waals surface area contributed by atoms with Gasteiger partial charge in [0.15, 0.2) is 5.76 Å². The van der Waals surface area contributed by atoms with Gasteiger partial charge < -0.3 is 14.3 Å². The van der Waals surface area contributed by atoms with E-state index in [1.165, 1.54) is 0 Å². The van der Waals surface area contributed by atoms with E-state index >= 15 is 0 Å². The number of furan rings is 1. The van der Waals surface area contributed by atoms with Gasteiger partial charge in [-0.1, -0.05) is 30.3 Å². The van der Waals surface area contributed by atoms with Gasteiger partial charge in [0.1, 0.15) is 11.4 Å². The molecular weight excluding hydrogens is 350 g/mol. The second-order valence-electron chi connectivity index (χ2n) is 7.71. The molecule has 1 aliphatic rings. The maximum atomic E-state index is 13.1. The molecule has 5 rings (SSSR count). The Morgan fingerprint density at radius 2 is 1.89 bits per heavy atom. The van der Waals surface area contributed by atoms with Crippen LogP contribution in [0.15, 0.2) is 46.9 Å². The zero-order chi connectivity index (χ0) is 19.3. The molecule has 5 heteroatoms. The van der Waals surface area contributed by atoms with Crippen LogP contribution in [0.1, 0.15) is 46.3 Å². The van der Waals surface area contributed by atoms with Crippen molar-refractivity contribution in [1.29, 1.82) is 0 Å². The maximum Gasteiger partial charge on any atom is 0.289 e.